The molecule has 4 heterocycles. The Morgan fingerprint density at radius 3 is 1.53 bits per heavy atom. The molecule has 0 bridgehead atoms. The molecule has 1 aromatic heterocycles. The van der Waals surface area contributed by atoms with E-state index in [0.717, 1.165) is 67.0 Å². The van der Waals surface area contributed by atoms with Gasteiger partial charge in [-0.15, -0.1) is 0 Å². The van der Waals surface area contributed by atoms with Gasteiger partial charge in [-0.25, -0.2) is 4.98 Å². The third kappa shape index (κ3) is 10.7. The molecule has 0 aliphatic carbocycles. The lowest BCUT2D eigenvalue weighted by molar-refractivity contribution is 0.483. The van der Waals surface area contributed by atoms with E-state index in [2.05, 4.69) is 252 Å². The molecule has 0 radical (unpaired) electrons. The fourth-order valence-corrected chi connectivity index (χ4v) is 19.6. The second-order valence-electron chi connectivity index (χ2n) is 30.8. The summed E-state index contributed by atoms with van der Waals surface area (Å²) in [4.78, 5) is 11.9. The summed E-state index contributed by atoms with van der Waals surface area (Å²) in [6.07, 6.45) is 1.74. The summed E-state index contributed by atoms with van der Waals surface area (Å²) in [6, 6.07) is 66.6. The van der Waals surface area contributed by atoms with Crippen molar-refractivity contribution in [2.24, 2.45) is 0 Å². The molecule has 6 heteroatoms. The average molecular weight is 1240 g/mol. The van der Waals surface area contributed by atoms with Crippen molar-refractivity contribution in [3.8, 4) is 56.0 Å². The Kier molecular flexibility index (Phi) is 12.5. The number of pyridine rings is 1. The standard InChI is InChI=1S/C87H88N4OSi/c1-56-46-81(88-54-72(56)58-36-38-60(39-37-58)83(2,3)4)91-75-34-22-23-35-79(75)93(77-43-40-61(84(5,6)7)50-70(77)71-51-62(85(8,9)10)41-44-78(71)93)80-45-42-67(53-76(80)91)92-66-29-24-28-65(52-66)89-55-90(74-33-21-20-32-73(74)89)82-68(57-26-18-17-19-27-57)30-25-31-69(82)59-47-63(86(11,12)13)49-64(48-59)87(14,15)16/h17-54H,55H2,1-16H3/i1D3,17D,18D,19D,26D,27D. The lowest BCUT2D eigenvalue weighted by Gasteiger charge is -2.43. The number of rotatable bonds is 8. The molecule has 0 saturated carbocycles. The highest BCUT2D eigenvalue weighted by Crippen LogP contribution is 2.52. The van der Waals surface area contributed by atoms with Crippen molar-refractivity contribution in [2.45, 2.75) is 138 Å². The lowest BCUT2D eigenvalue weighted by atomic mass is 9.78. The number of aryl methyl sites for hydroxylation is 1. The molecule has 466 valence electrons. The summed E-state index contributed by atoms with van der Waals surface area (Å²) in [5.74, 6) is 1.61. The second kappa shape index (κ2) is 22.2. The van der Waals surface area contributed by atoms with Crippen molar-refractivity contribution >= 4 is 68.8 Å². The number of fused-ring (bicyclic) bond motifs is 10. The fourth-order valence-electron chi connectivity index (χ4n) is 14.2. The molecule has 0 amide bonds. The second-order valence-corrected chi connectivity index (χ2v) is 34.5. The molecule has 3 aliphatic heterocycles. The molecule has 10 aromatic carbocycles. The van der Waals surface area contributed by atoms with Crippen LogP contribution < -0.4 is 40.2 Å². The number of aromatic nitrogens is 1. The maximum absolute atomic E-state index is 9.42. The quantitative estimate of drug-likeness (QED) is 0.142. The minimum atomic E-state index is -3.27. The van der Waals surface area contributed by atoms with Gasteiger partial charge in [0.2, 0.25) is 0 Å². The number of anilines is 7. The van der Waals surface area contributed by atoms with E-state index in [1.54, 1.807) is 12.3 Å². The van der Waals surface area contributed by atoms with Crippen LogP contribution in [0, 0.1) is 6.85 Å². The smallest absolute Gasteiger partial charge is 0.185 e. The van der Waals surface area contributed by atoms with Crippen LogP contribution in [-0.2, 0) is 27.1 Å². The van der Waals surface area contributed by atoms with Gasteiger partial charge in [0, 0.05) is 50.5 Å². The SMILES string of the molecule is [2H]c1c([2H])c([2H])c(-c2cccc(-c3cc(C(C)(C)C)cc(C(C)(C)C)c3)c2N2CN(c3cccc(Oc4ccc5c(c4)N(c4cc(C([2H])([2H])[2H])c(-c6ccc(C(C)(C)C)cc6)cn4)c4ccccc4[Si]54c5ccc(C(C)(C)C)cc5-c5cc(C(C)(C)C)ccc54)c3)c3ccccc32)c([2H])c1[2H]. The molecule has 0 saturated heterocycles. The first-order chi connectivity index (χ1) is 47.4. The summed E-state index contributed by atoms with van der Waals surface area (Å²) < 4.78 is 80.0. The average Bonchev–Trinajstić information content (AvgIpc) is 1.55. The van der Waals surface area contributed by atoms with Crippen molar-refractivity contribution < 1.29 is 15.7 Å². The Bertz CT molecular complexity index is 5050. The first kappa shape index (κ1) is 52.3. The van der Waals surface area contributed by atoms with Crippen LogP contribution in [0.2, 0.25) is 0 Å². The van der Waals surface area contributed by atoms with Gasteiger partial charge in [-0.2, -0.15) is 0 Å². The molecule has 0 fully saturated rings. The van der Waals surface area contributed by atoms with Crippen LogP contribution in [0.15, 0.2) is 231 Å². The van der Waals surface area contributed by atoms with Crippen LogP contribution in [0.5, 0.6) is 11.5 Å². The van der Waals surface area contributed by atoms with Crippen LogP contribution in [-0.4, -0.2) is 19.7 Å². The van der Waals surface area contributed by atoms with Crippen LogP contribution in [0.3, 0.4) is 0 Å². The van der Waals surface area contributed by atoms with E-state index in [1.165, 1.54) is 37.8 Å². The summed E-state index contributed by atoms with van der Waals surface area (Å²) in [5.41, 5.74) is 16.7. The van der Waals surface area contributed by atoms with Gasteiger partial charge in [-0.3, -0.25) is 4.90 Å². The Morgan fingerprint density at radius 1 is 0.398 bits per heavy atom. The zero-order valence-corrected chi connectivity index (χ0v) is 57.5. The van der Waals surface area contributed by atoms with Gasteiger partial charge >= 0.3 is 0 Å². The highest BCUT2D eigenvalue weighted by molar-refractivity contribution is 7.23. The van der Waals surface area contributed by atoms with Gasteiger partial charge in [-0.05, 0) is 158 Å². The van der Waals surface area contributed by atoms with Gasteiger partial charge < -0.3 is 14.5 Å². The Hall–Kier alpha value is -9.23. The summed E-state index contributed by atoms with van der Waals surface area (Å²) >= 11 is 0. The lowest BCUT2D eigenvalue weighted by Crippen LogP contribution is -2.75. The number of nitrogens with zero attached hydrogens (tertiary/aromatic N) is 4. The first-order valence-electron chi connectivity index (χ1n) is 36.7. The summed E-state index contributed by atoms with van der Waals surface area (Å²) in [7, 11) is -3.27. The number of hydrogen-bond acceptors (Lipinski definition) is 5. The molecule has 3 aliphatic rings. The van der Waals surface area contributed by atoms with Crippen LogP contribution >= 0.6 is 0 Å². The molecular formula is C87H88N4OSi. The number of hydrogen-bond donors (Lipinski definition) is 0. The molecule has 93 heavy (non-hydrogen) atoms. The van der Waals surface area contributed by atoms with E-state index >= 15 is 0 Å². The number of ether oxygens (including phenoxy) is 1. The zero-order chi connectivity index (χ0) is 72.2. The first-order valence-corrected chi connectivity index (χ1v) is 34.7. The molecule has 5 nitrogen and oxygen atoms in total. The van der Waals surface area contributed by atoms with E-state index in [4.69, 9.17) is 17.9 Å². The monoisotopic (exact) mass is 1240 g/mol. The Labute approximate surface area is 565 Å². The van der Waals surface area contributed by atoms with Crippen LogP contribution in [0.25, 0.3) is 44.5 Å². The predicted octanol–water partition coefficient (Wildman–Crippen LogP) is 21.1. The van der Waals surface area contributed by atoms with E-state index in [0.29, 0.717) is 40.8 Å². The highest BCUT2D eigenvalue weighted by atomic mass is 28.3. The molecule has 0 N–H and O–H groups in total. The van der Waals surface area contributed by atoms with Gasteiger partial charge in [0.15, 0.2) is 8.07 Å². The minimum Gasteiger partial charge on any atom is -0.457 e. The van der Waals surface area contributed by atoms with E-state index in [1.807, 2.05) is 54.6 Å². The van der Waals surface area contributed by atoms with E-state index in [9.17, 15) is 2.74 Å². The zero-order valence-electron chi connectivity index (χ0n) is 64.5. The molecule has 14 rings (SSSR count). The molecule has 0 unspecified atom stereocenters. The van der Waals surface area contributed by atoms with Gasteiger partial charge in [0.1, 0.15) is 24.0 Å². The van der Waals surface area contributed by atoms with Crippen molar-refractivity contribution in [1.82, 2.24) is 4.98 Å². The van der Waals surface area contributed by atoms with Crippen molar-refractivity contribution in [3.63, 3.8) is 0 Å². The molecular weight excluding hydrogens is 1150 g/mol. The maximum atomic E-state index is 9.42. The van der Waals surface area contributed by atoms with Crippen LogP contribution in [0.4, 0.5) is 39.9 Å². The normalized spacial score (nSPS) is 15.6. The summed E-state index contributed by atoms with van der Waals surface area (Å²) in [6.45, 7) is 31.2. The number of benzene rings is 10. The number of para-hydroxylation sites is 4. The van der Waals surface area contributed by atoms with Gasteiger partial charge in [0.25, 0.3) is 0 Å². The maximum Gasteiger partial charge on any atom is 0.185 e. The Balaban J connectivity index is 0.935. The minimum absolute atomic E-state index is 0.0953. The van der Waals surface area contributed by atoms with Crippen molar-refractivity contribution in [1.29, 1.82) is 0 Å². The Morgan fingerprint density at radius 2 is 0.925 bits per heavy atom. The van der Waals surface area contributed by atoms with E-state index < -0.39 is 33.1 Å². The largest absolute Gasteiger partial charge is 0.457 e. The fraction of sp³-hybridized carbons (Fsp3) is 0.253. The van der Waals surface area contributed by atoms with Crippen molar-refractivity contribution in [3.05, 3.63) is 264 Å². The van der Waals surface area contributed by atoms with Gasteiger partial charge in [-0.1, -0.05) is 274 Å². The third-order valence-corrected chi connectivity index (χ3v) is 24.3. The molecule has 11 aromatic rings. The van der Waals surface area contributed by atoms with Crippen molar-refractivity contribution in [2.75, 3.05) is 21.4 Å². The highest BCUT2D eigenvalue weighted by Gasteiger charge is 2.55. The third-order valence-electron chi connectivity index (χ3n) is 19.4. The van der Waals surface area contributed by atoms with Gasteiger partial charge in [0.05, 0.1) is 29.6 Å². The van der Waals surface area contributed by atoms with Crippen LogP contribution in [0.1, 0.15) is 148 Å². The molecule has 0 atom stereocenters. The topological polar surface area (TPSA) is 31.8 Å². The van der Waals surface area contributed by atoms with E-state index in [-0.39, 0.29) is 50.3 Å². The summed E-state index contributed by atoms with van der Waals surface area (Å²) in [5, 5.41) is 4.89. The molecule has 1 spiro atoms. The predicted molar refractivity (Wildman–Crippen MR) is 398 cm³/mol.